The normalized spacial score (nSPS) is 10.5. The molecule has 6 heteroatoms. The lowest BCUT2D eigenvalue weighted by Gasteiger charge is -2.07. The largest absolute Gasteiger partial charge is 0.372 e. The van der Waals surface area contributed by atoms with E-state index in [0.29, 0.717) is 0 Å². The molecular weight excluding hydrogens is 240 g/mol. The molecule has 2 aromatic heterocycles. The third-order valence-electron chi connectivity index (χ3n) is 2.85. The summed E-state index contributed by atoms with van der Waals surface area (Å²) < 4.78 is 2.03. The smallest absolute Gasteiger partial charge is 0.146 e. The lowest BCUT2D eigenvalue weighted by molar-refractivity contribution is 0.573. The molecule has 0 aliphatic rings. The minimum absolute atomic E-state index is 0.767. The molecule has 0 atom stereocenters. The van der Waals surface area contributed by atoms with E-state index >= 15 is 0 Å². The van der Waals surface area contributed by atoms with E-state index < -0.39 is 0 Å². The molecule has 0 bridgehead atoms. The number of rotatable bonds is 6. The van der Waals surface area contributed by atoms with Crippen LogP contribution in [0.3, 0.4) is 0 Å². The fourth-order valence-corrected chi connectivity index (χ4v) is 1.92. The number of hydrogen-bond acceptors (Lipinski definition) is 5. The Bertz CT molecular complexity index is 534. The van der Waals surface area contributed by atoms with E-state index in [0.717, 1.165) is 36.8 Å². The molecule has 2 rings (SSSR count). The van der Waals surface area contributed by atoms with E-state index in [2.05, 4.69) is 38.7 Å². The summed E-state index contributed by atoms with van der Waals surface area (Å²) in [7, 11) is 1.83. The lowest BCUT2D eigenvalue weighted by atomic mass is 10.4. The van der Waals surface area contributed by atoms with Gasteiger partial charge in [0.15, 0.2) is 0 Å². The summed E-state index contributed by atoms with van der Waals surface area (Å²) >= 11 is 0. The molecule has 0 radical (unpaired) electrons. The van der Waals surface area contributed by atoms with Gasteiger partial charge >= 0.3 is 0 Å². The standard InChI is InChI=1S/C13H20N6/c1-10-7-11(2)19(18-10)6-4-5-16-13-9-15-8-12(14-3)17-13/h7-9H,4-6H2,1-3H3,(H2,14,16,17). The predicted octanol–water partition coefficient (Wildman–Crippen LogP) is 1.83. The second kappa shape index (κ2) is 6.17. The van der Waals surface area contributed by atoms with Gasteiger partial charge in [-0.3, -0.25) is 9.67 Å². The van der Waals surface area contributed by atoms with Crippen LogP contribution in [0.2, 0.25) is 0 Å². The van der Waals surface area contributed by atoms with Gasteiger partial charge < -0.3 is 10.6 Å². The second-order valence-electron chi connectivity index (χ2n) is 4.47. The highest BCUT2D eigenvalue weighted by molar-refractivity contribution is 5.40. The molecule has 19 heavy (non-hydrogen) atoms. The van der Waals surface area contributed by atoms with Crippen molar-refractivity contribution in [2.75, 3.05) is 24.2 Å². The van der Waals surface area contributed by atoms with Gasteiger partial charge in [-0.15, -0.1) is 0 Å². The van der Waals surface area contributed by atoms with Crippen LogP contribution in [0.4, 0.5) is 11.6 Å². The fraction of sp³-hybridized carbons (Fsp3) is 0.462. The summed E-state index contributed by atoms with van der Waals surface area (Å²) in [5.41, 5.74) is 2.27. The Kier molecular flexibility index (Phi) is 4.33. The number of hydrogen-bond donors (Lipinski definition) is 2. The van der Waals surface area contributed by atoms with Gasteiger partial charge in [0.05, 0.1) is 18.1 Å². The first kappa shape index (κ1) is 13.3. The molecule has 0 unspecified atom stereocenters. The first-order chi connectivity index (χ1) is 9.19. The number of anilines is 2. The first-order valence-corrected chi connectivity index (χ1v) is 6.44. The zero-order chi connectivity index (χ0) is 13.7. The molecular formula is C13H20N6. The van der Waals surface area contributed by atoms with Crippen LogP contribution < -0.4 is 10.6 Å². The van der Waals surface area contributed by atoms with Crippen LogP contribution in [0.5, 0.6) is 0 Å². The van der Waals surface area contributed by atoms with Crippen LogP contribution in [-0.2, 0) is 6.54 Å². The van der Waals surface area contributed by atoms with Gasteiger partial charge in [0.25, 0.3) is 0 Å². The van der Waals surface area contributed by atoms with Crippen LogP contribution in [-0.4, -0.2) is 33.3 Å². The highest BCUT2D eigenvalue weighted by atomic mass is 15.3. The molecule has 102 valence electrons. The van der Waals surface area contributed by atoms with Crippen molar-refractivity contribution in [2.24, 2.45) is 0 Å². The molecule has 2 heterocycles. The van der Waals surface area contributed by atoms with E-state index in [-0.39, 0.29) is 0 Å². The monoisotopic (exact) mass is 260 g/mol. The second-order valence-corrected chi connectivity index (χ2v) is 4.47. The summed E-state index contributed by atoms with van der Waals surface area (Å²) in [6, 6.07) is 2.09. The molecule has 0 spiro atoms. The maximum absolute atomic E-state index is 4.43. The van der Waals surface area contributed by atoms with Crippen LogP contribution in [0.25, 0.3) is 0 Å². The topological polar surface area (TPSA) is 67.7 Å². The molecule has 0 aliphatic carbocycles. The summed E-state index contributed by atoms with van der Waals surface area (Å²) in [4.78, 5) is 8.46. The highest BCUT2D eigenvalue weighted by Gasteiger charge is 2.00. The average Bonchev–Trinajstić information content (AvgIpc) is 2.73. The zero-order valence-electron chi connectivity index (χ0n) is 11.6. The maximum atomic E-state index is 4.43. The minimum Gasteiger partial charge on any atom is -0.372 e. The number of nitrogens with zero attached hydrogens (tertiary/aromatic N) is 4. The molecule has 2 aromatic rings. The third kappa shape index (κ3) is 3.67. The Hall–Kier alpha value is -2.11. The maximum Gasteiger partial charge on any atom is 0.146 e. The van der Waals surface area contributed by atoms with Crippen molar-refractivity contribution < 1.29 is 0 Å². The van der Waals surface area contributed by atoms with E-state index in [1.54, 1.807) is 12.4 Å². The number of aromatic nitrogens is 4. The Morgan fingerprint density at radius 1 is 1.21 bits per heavy atom. The van der Waals surface area contributed by atoms with Gasteiger partial charge in [0.2, 0.25) is 0 Å². The van der Waals surface area contributed by atoms with Gasteiger partial charge in [-0.2, -0.15) is 5.10 Å². The zero-order valence-corrected chi connectivity index (χ0v) is 11.6. The summed E-state index contributed by atoms with van der Waals surface area (Å²) in [5.74, 6) is 1.56. The first-order valence-electron chi connectivity index (χ1n) is 6.44. The average molecular weight is 260 g/mol. The minimum atomic E-state index is 0.767. The third-order valence-corrected chi connectivity index (χ3v) is 2.85. The van der Waals surface area contributed by atoms with E-state index in [1.165, 1.54) is 5.69 Å². The van der Waals surface area contributed by atoms with E-state index in [1.807, 2.05) is 18.7 Å². The summed E-state index contributed by atoms with van der Waals surface area (Å²) in [6.07, 6.45) is 4.42. The Labute approximate surface area is 113 Å². The van der Waals surface area contributed by atoms with Crippen molar-refractivity contribution in [2.45, 2.75) is 26.8 Å². The SMILES string of the molecule is CNc1cncc(NCCCn2nc(C)cc2C)n1. The molecule has 0 aromatic carbocycles. The molecule has 6 nitrogen and oxygen atoms in total. The molecule has 2 N–H and O–H groups in total. The van der Waals surface area contributed by atoms with Crippen molar-refractivity contribution in [3.63, 3.8) is 0 Å². The lowest BCUT2D eigenvalue weighted by Crippen LogP contribution is -2.10. The molecule has 0 amide bonds. The van der Waals surface area contributed by atoms with Gasteiger partial charge in [-0.25, -0.2) is 4.98 Å². The summed E-state index contributed by atoms with van der Waals surface area (Å²) in [6.45, 7) is 5.85. The van der Waals surface area contributed by atoms with Crippen molar-refractivity contribution in [1.29, 1.82) is 0 Å². The summed E-state index contributed by atoms with van der Waals surface area (Å²) in [5, 5.41) is 10.7. The molecule has 0 fully saturated rings. The Morgan fingerprint density at radius 2 is 2.00 bits per heavy atom. The Balaban J connectivity index is 1.79. The van der Waals surface area contributed by atoms with Crippen molar-refractivity contribution in [3.05, 3.63) is 29.8 Å². The van der Waals surface area contributed by atoms with Crippen molar-refractivity contribution in [3.8, 4) is 0 Å². The van der Waals surface area contributed by atoms with Gasteiger partial charge in [0.1, 0.15) is 11.6 Å². The van der Waals surface area contributed by atoms with Crippen LogP contribution >= 0.6 is 0 Å². The number of nitrogens with one attached hydrogen (secondary N) is 2. The van der Waals surface area contributed by atoms with Gasteiger partial charge in [-0.1, -0.05) is 0 Å². The molecule has 0 saturated heterocycles. The molecule has 0 aliphatic heterocycles. The van der Waals surface area contributed by atoms with Crippen LogP contribution in [0.1, 0.15) is 17.8 Å². The highest BCUT2D eigenvalue weighted by Crippen LogP contribution is 2.06. The predicted molar refractivity (Wildman–Crippen MR) is 76.4 cm³/mol. The van der Waals surface area contributed by atoms with Crippen molar-refractivity contribution >= 4 is 11.6 Å². The van der Waals surface area contributed by atoms with E-state index in [9.17, 15) is 0 Å². The Morgan fingerprint density at radius 3 is 2.68 bits per heavy atom. The quantitative estimate of drug-likeness (QED) is 0.776. The van der Waals surface area contributed by atoms with Crippen molar-refractivity contribution in [1.82, 2.24) is 19.7 Å². The van der Waals surface area contributed by atoms with Crippen LogP contribution in [0, 0.1) is 13.8 Å². The van der Waals surface area contributed by atoms with Gasteiger partial charge in [0, 0.05) is 25.8 Å². The van der Waals surface area contributed by atoms with Gasteiger partial charge in [-0.05, 0) is 26.3 Å². The molecule has 0 saturated carbocycles. The fourth-order valence-electron chi connectivity index (χ4n) is 1.92. The number of aryl methyl sites for hydroxylation is 3. The van der Waals surface area contributed by atoms with Crippen LogP contribution in [0.15, 0.2) is 18.5 Å². The van der Waals surface area contributed by atoms with E-state index in [4.69, 9.17) is 0 Å².